The zero-order valence-corrected chi connectivity index (χ0v) is 8.72. The van der Waals surface area contributed by atoms with Crippen LogP contribution in [0.3, 0.4) is 0 Å². The summed E-state index contributed by atoms with van der Waals surface area (Å²) in [6, 6.07) is 6.38. The Labute approximate surface area is 79.7 Å². The van der Waals surface area contributed by atoms with Crippen molar-refractivity contribution in [2.75, 3.05) is 0 Å². The summed E-state index contributed by atoms with van der Waals surface area (Å²) in [7, 11) is 0. The molecular formula is C12H16O. The summed E-state index contributed by atoms with van der Waals surface area (Å²) in [5, 5.41) is 0. The average molecular weight is 176 g/mol. The molecule has 0 spiro atoms. The standard InChI is InChI=1S/C12H16O/c1-8-6-5-7-10-9(2)12(3,4)13-11(8)10/h5-7,9H,1-4H3. The monoisotopic (exact) mass is 176 g/mol. The molecular weight excluding hydrogens is 160 g/mol. The lowest BCUT2D eigenvalue weighted by Gasteiger charge is -2.23. The SMILES string of the molecule is Cc1cccc2c1OC(C)(C)C2C. The van der Waals surface area contributed by atoms with Gasteiger partial charge >= 0.3 is 0 Å². The van der Waals surface area contributed by atoms with E-state index in [0.717, 1.165) is 5.75 Å². The first-order valence-corrected chi connectivity index (χ1v) is 4.81. The minimum Gasteiger partial charge on any atom is -0.487 e. The lowest BCUT2D eigenvalue weighted by atomic mass is 9.88. The maximum Gasteiger partial charge on any atom is 0.126 e. The second kappa shape index (κ2) is 2.50. The quantitative estimate of drug-likeness (QED) is 0.589. The van der Waals surface area contributed by atoms with Crippen molar-refractivity contribution < 1.29 is 4.74 Å². The van der Waals surface area contributed by atoms with Gasteiger partial charge in [-0.3, -0.25) is 0 Å². The van der Waals surface area contributed by atoms with Crippen molar-refractivity contribution in [2.45, 2.75) is 39.2 Å². The third-order valence-electron chi connectivity index (χ3n) is 3.12. The second-order valence-electron chi connectivity index (χ2n) is 4.42. The molecule has 1 aliphatic rings. The fourth-order valence-corrected chi connectivity index (χ4v) is 1.88. The molecule has 0 fully saturated rings. The van der Waals surface area contributed by atoms with Crippen LogP contribution in [0.15, 0.2) is 18.2 Å². The maximum atomic E-state index is 5.94. The second-order valence-corrected chi connectivity index (χ2v) is 4.42. The van der Waals surface area contributed by atoms with Gasteiger partial charge in [-0.05, 0) is 26.3 Å². The summed E-state index contributed by atoms with van der Waals surface area (Å²) in [6.45, 7) is 8.63. The van der Waals surface area contributed by atoms with Crippen LogP contribution in [0.4, 0.5) is 0 Å². The van der Waals surface area contributed by atoms with E-state index in [0.29, 0.717) is 5.92 Å². The molecule has 0 aliphatic carbocycles. The predicted octanol–water partition coefficient (Wildman–Crippen LogP) is 3.27. The minimum absolute atomic E-state index is 0.0472. The van der Waals surface area contributed by atoms with Crippen LogP contribution >= 0.6 is 0 Å². The zero-order valence-electron chi connectivity index (χ0n) is 8.72. The number of hydrogen-bond donors (Lipinski definition) is 0. The fourth-order valence-electron chi connectivity index (χ4n) is 1.88. The molecule has 1 aromatic carbocycles. The number of benzene rings is 1. The molecule has 70 valence electrons. The molecule has 0 N–H and O–H groups in total. The first kappa shape index (κ1) is 8.61. The summed E-state index contributed by atoms with van der Waals surface area (Å²) in [5.41, 5.74) is 2.55. The van der Waals surface area contributed by atoms with Crippen LogP contribution in [0.1, 0.15) is 37.8 Å². The predicted molar refractivity (Wildman–Crippen MR) is 54.3 cm³/mol. The van der Waals surface area contributed by atoms with Crippen LogP contribution in [0.2, 0.25) is 0 Å². The van der Waals surface area contributed by atoms with E-state index in [1.54, 1.807) is 0 Å². The summed E-state index contributed by atoms with van der Waals surface area (Å²) in [6.07, 6.45) is 0. The lowest BCUT2D eigenvalue weighted by Crippen LogP contribution is -2.28. The number of aryl methyl sites for hydroxylation is 1. The van der Waals surface area contributed by atoms with Gasteiger partial charge in [0.15, 0.2) is 0 Å². The van der Waals surface area contributed by atoms with Gasteiger partial charge in [0.05, 0.1) is 0 Å². The Kier molecular flexibility index (Phi) is 1.66. The molecule has 0 bridgehead atoms. The molecule has 1 atom stereocenters. The van der Waals surface area contributed by atoms with Gasteiger partial charge in [0.1, 0.15) is 11.4 Å². The largest absolute Gasteiger partial charge is 0.487 e. The van der Waals surface area contributed by atoms with Crippen LogP contribution in [0, 0.1) is 6.92 Å². The van der Waals surface area contributed by atoms with E-state index >= 15 is 0 Å². The summed E-state index contributed by atoms with van der Waals surface area (Å²) in [5.74, 6) is 1.59. The fraction of sp³-hybridized carbons (Fsp3) is 0.500. The number of hydrogen-bond acceptors (Lipinski definition) is 1. The molecule has 1 heterocycles. The van der Waals surface area contributed by atoms with Gasteiger partial charge in [-0.25, -0.2) is 0 Å². The highest BCUT2D eigenvalue weighted by Crippen LogP contribution is 2.45. The van der Waals surface area contributed by atoms with Crippen LogP contribution in [-0.2, 0) is 0 Å². The van der Waals surface area contributed by atoms with Crippen molar-refractivity contribution in [1.29, 1.82) is 0 Å². The first-order valence-electron chi connectivity index (χ1n) is 4.81. The van der Waals surface area contributed by atoms with E-state index in [1.807, 2.05) is 0 Å². The minimum atomic E-state index is -0.0472. The van der Waals surface area contributed by atoms with E-state index in [-0.39, 0.29) is 5.60 Å². The molecule has 1 unspecified atom stereocenters. The molecule has 0 saturated heterocycles. The highest BCUT2D eigenvalue weighted by molar-refractivity contribution is 5.47. The van der Waals surface area contributed by atoms with Gasteiger partial charge in [0.2, 0.25) is 0 Å². The first-order chi connectivity index (χ1) is 6.02. The molecule has 0 radical (unpaired) electrons. The number of fused-ring (bicyclic) bond motifs is 1. The molecule has 13 heavy (non-hydrogen) atoms. The highest BCUT2D eigenvalue weighted by Gasteiger charge is 2.38. The lowest BCUT2D eigenvalue weighted by molar-refractivity contribution is 0.115. The Morgan fingerprint density at radius 1 is 1.31 bits per heavy atom. The molecule has 2 rings (SSSR count). The van der Waals surface area contributed by atoms with Crippen molar-refractivity contribution in [3.63, 3.8) is 0 Å². The average Bonchev–Trinajstić information content (AvgIpc) is 2.28. The summed E-state index contributed by atoms with van der Waals surface area (Å²) < 4.78 is 5.94. The molecule has 0 aromatic heterocycles. The molecule has 0 saturated carbocycles. The van der Waals surface area contributed by atoms with Crippen LogP contribution in [0.25, 0.3) is 0 Å². The Morgan fingerprint density at radius 3 is 2.62 bits per heavy atom. The van der Waals surface area contributed by atoms with Crippen LogP contribution < -0.4 is 4.74 Å². The van der Waals surface area contributed by atoms with Gasteiger partial charge in [-0.1, -0.05) is 25.1 Å². The van der Waals surface area contributed by atoms with Crippen molar-refractivity contribution in [3.8, 4) is 5.75 Å². The smallest absolute Gasteiger partial charge is 0.126 e. The normalized spacial score (nSPS) is 23.8. The van der Waals surface area contributed by atoms with Crippen LogP contribution in [0.5, 0.6) is 5.75 Å². The van der Waals surface area contributed by atoms with Gasteiger partial charge < -0.3 is 4.74 Å². The van der Waals surface area contributed by atoms with E-state index in [2.05, 4.69) is 45.9 Å². The Balaban J connectivity index is 2.56. The third-order valence-corrected chi connectivity index (χ3v) is 3.12. The Hall–Kier alpha value is -0.980. The topological polar surface area (TPSA) is 9.23 Å². The van der Waals surface area contributed by atoms with Gasteiger partial charge in [-0.2, -0.15) is 0 Å². The number of para-hydroxylation sites is 1. The van der Waals surface area contributed by atoms with Crippen molar-refractivity contribution in [1.82, 2.24) is 0 Å². The molecule has 1 heteroatoms. The Morgan fingerprint density at radius 2 is 2.00 bits per heavy atom. The molecule has 1 nitrogen and oxygen atoms in total. The van der Waals surface area contributed by atoms with Crippen molar-refractivity contribution >= 4 is 0 Å². The van der Waals surface area contributed by atoms with Crippen molar-refractivity contribution in [2.24, 2.45) is 0 Å². The number of ether oxygens (including phenoxy) is 1. The summed E-state index contributed by atoms with van der Waals surface area (Å²) >= 11 is 0. The Bertz CT molecular complexity index is 339. The molecule has 0 amide bonds. The van der Waals surface area contributed by atoms with Crippen LogP contribution in [-0.4, -0.2) is 5.60 Å². The third kappa shape index (κ3) is 1.14. The van der Waals surface area contributed by atoms with E-state index in [1.165, 1.54) is 11.1 Å². The zero-order chi connectivity index (χ0) is 9.64. The van der Waals surface area contributed by atoms with Gasteiger partial charge in [0, 0.05) is 11.5 Å². The van der Waals surface area contributed by atoms with E-state index in [9.17, 15) is 0 Å². The highest BCUT2D eigenvalue weighted by atomic mass is 16.5. The molecule has 1 aliphatic heterocycles. The van der Waals surface area contributed by atoms with E-state index < -0.39 is 0 Å². The van der Waals surface area contributed by atoms with Gasteiger partial charge in [-0.15, -0.1) is 0 Å². The summed E-state index contributed by atoms with van der Waals surface area (Å²) in [4.78, 5) is 0. The van der Waals surface area contributed by atoms with Gasteiger partial charge in [0.25, 0.3) is 0 Å². The molecule has 1 aromatic rings. The number of rotatable bonds is 0. The van der Waals surface area contributed by atoms with E-state index in [4.69, 9.17) is 4.74 Å². The van der Waals surface area contributed by atoms with Crippen molar-refractivity contribution in [3.05, 3.63) is 29.3 Å². The maximum absolute atomic E-state index is 5.94.